The second kappa shape index (κ2) is 7.67. The average Bonchev–Trinajstić information content (AvgIpc) is 3.05. The monoisotopic (exact) mass is 338 g/mol. The van der Waals surface area contributed by atoms with Gasteiger partial charge in [0.25, 0.3) is 0 Å². The van der Waals surface area contributed by atoms with E-state index < -0.39 is 0 Å². The number of hydrogen-bond donors (Lipinski definition) is 0. The maximum atomic E-state index is 12.6. The van der Waals surface area contributed by atoms with Crippen LogP contribution in [0, 0.1) is 13.8 Å². The molecular formula is C20H22N2OS. The predicted octanol–water partition coefficient (Wildman–Crippen LogP) is 3.98. The van der Waals surface area contributed by atoms with E-state index in [-0.39, 0.29) is 5.91 Å². The molecular weight excluding hydrogens is 316 g/mol. The van der Waals surface area contributed by atoms with Gasteiger partial charge in [-0.2, -0.15) is 0 Å². The number of thioether (sulfide) groups is 1. The zero-order chi connectivity index (χ0) is 16.9. The van der Waals surface area contributed by atoms with Crippen molar-refractivity contribution in [2.75, 3.05) is 13.1 Å². The van der Waals surface area contributed by atoms with Crippen molar-refractivity contribution in [3.8, 4) is 0 Å². The predicted molar refractivity (Wildman–Crippen MR) is 101 cm³/mol. The largest absolute Gasteiger partial charge is 0.289 e. The molecule has 0 aromatic heterocycles. The smallest absolute Gasteiger partial charge is 0.233 e. The molecule has 0 fully saturated rings. The summed E-state index contributed by atoms with van der Waals surface area (Å²) < 4.78 is 0. The highest BCUT2D eigenvalue weighted by Crippen LogP contribution is 2.23. The van der Waals surface area contributed by atoms with Crippen molar-refractivity contribution < 1.29 is 4.79 Å². The van der Waals surface area contributed by atoms with Gasteiger partial charge in [0.2, 0.25) is 5.91 Å². The molecule has 0 radical (unpaired) electrons. The minimum Gasteiger partial charge on any atom is -0.289 e. The SMILES string of the molecule is Cc1ccc(C)c(CSC2=NCCN2C(=O)Cc2ccccc2)c1. The van der Waals surface area contributed by atoms with Crippen LogP contribution in [0.5, 0.6) is 0 Å². The fourth-order valence-corrected chi connectivity index (χ4v) is 3.87. The van der Waals surface area contributed by atoms with Crippen LogP contribution in [0.4, 0.5) is 0 Å². The third kappa shape index (κ3) is 4.06. The normalized spacial score (nSPS) is 13.9. The standard InChI is InChI=1S/C20H22N2OS/c1-15-8-9-16(2)18(12-15)14-24-20-21-10-11-22(20)19(23)13-17-6-4-3-5-7-17/h3-9,12H,10-11,13-14H2,1-2H3. The number of nitrogens with zero attached hydrogens (tertiary/aromatic N) is 2. The van der Waals surface area contributed by atoms with Crippen LogP contribution in [0.3, 0.4) is 0 Å². The highest BCUT2D eigenvalue weighted by atomic mass is 32.2. The number of carbonyl (C=O) groups is 1. The molecule has 0 unspecified atom stereocenters. The fourth-order valence-electron chi connectivity index (χ4n) is 2.75. The number of aliphatic imine (C=N–C) groups is 1. The van der Waals surface area contributed by atoms with Gasteiger partial charge in [-0.3, -0.25) is 14.7 Å². The third-order valence-electron chi connectivity index (χ3n) is 4.16. The Labute approximate surface area is 147 Å². The zero-order valence-electron chi connectivity index (χ0n) is 14.2. The molecule has 24 heavy (non-hydrogen) atoms. The summed E-state index contributed by atoms with van der Waals surface area (Å²) >= 11 is 1.66. The molecule has 0 aliphatic carbocycles. The fraction of sp³-hybridized carbons (Fsp3) is 0.300. The Morgan fingerprint density at radius 1 is 1.17 bits per heavy atom. The average molecular weight is 338 g/mol. The van der Waals surface area contributed by atoms with Crippen molar-refractivity contribution in [1.82, 2.24) is 4.90 Å². The van der Waals surface area contributed by atoms with Crippen LogP contribution in [-0.2, 0) is 17.0 Å². The van der Waals surface area contributed by atoms with Crippen LogP contribution in [0.25, 0.3) is 0 Å². The quantitative estimate of drug-likeness (QED) is 0.845. The lowest BCUT2D eigenvalue weighted by Crippen LogP contribution is -2.34. The first-order valence-corrected chi connectivity index (χ1v) is 9.20. The van der Waals surface area contributed by atoms with Gasteiger partial charge >= 0.3 is 0 Å². The van der Waals surface area contributed by atoms with Crippen LogP contribution in [0.1, 0.15) is 22.3 Å². The first-order valence-electron chi connectivity index (χ1n) is 8.21. The van der Waals surface area contributed by atoms with E-state index in [1.807, 2.05) is 35.2 Å². The summed E-state index contributed by atoms with van der Waals surface area (Å²) in [5.74, 6) is 0.979. The zero-order valence-corrected chi connectivity index (χ0v) is 15.0. The number of hydrogen-bond acceptors (Lipinski definition) is 3. The Morgan fingerprint density at radius 3 is 2.75 bits per heavy atom. The molecule has 1 heterocycles. The maximum Gasteiger partial charge on any atom is 0.233 e. The van der Waals surface area contributed by atoms with Gasteiger partial charge in [0.15, 0.2) is 5.17 Å². The molecule has 1 aliphatic heterocycles. The Morgan fingerprint density at radius 2 is 1.96 bits per heavy atom. The van der Waals surface area contributed by atoms with E-state index in [0.29, 0.717) is 19.5 Å². The van der Waals surface area contributed by atoms with Gasteiger partial charge in [-0.05, 0) is 30.5 Å². The van der Waals surface area contributed by atoms with Crippen molar-refractivity contribution in [3.05, 3.63) is 70.8 Å². The van der Waals surface area contributed by atoms with Crippen molar-refractivity contribution in [1.29, 1.82) is 0 Å². The minimum atomic E-state index is 0.130. The van der Waals surface area contributed by atoms with Gasteiger partial charge in [0.1, 0.15) is 0 Å². The van der Waals surface area contributed by atoms with E-state index in [2.05, 4.69) is 37.0 Å². The molecule has 3 nitrogen and oxygen atoms in total. The number of aryl methyl sites for hydroxylation is 2. The topological polar surface area (TPSA) is 32.7 Å². The van der Waals surface area contributed by atoms with E-state index in [9.17, 15) is 4.79 Å². The summed E-state index contributed by atoms with van der Waals surface area (Å²) in [5.41, 5.74) is 4.91. The summed E-state index contributed by atoms with van der Waals surface area (Å²) in [6.45, 7) is 5.64. The van der Waals surface area contributed by atoms with E-state index in [1.165, 1.54) is 16.7 Å². The van der Waals surface area contributed by atoms with Gasteiger partial charge in [-0.15, -0.1) is 0 Å². The molecule has 2 aromatic rings. The molecule has 2 aromatic carbocycles. The van der Waals surface area contributed by atoms with Crippen molar-refractivity contribution in [3.63, 3.8) is 0 Å². The van der Waals surface area contributed by atoms with Crippen LogP contribution >= 0.6 is 11.8 Å². The summed E-state index contributed by atoms with van der Waals surface area (Å²) in [6.07, 6.45) is 0.434. The summed E-state index contributed by atoms with van der Waals surface area (Å²) in [5, 5.41) is 0.858. The van der Waals surface area contributed by atoms with Crippen LogP contribution in [0.2, 0.25) is 0 Å². The van der Waals surface area contributed by atoms with Crippen molar-refractivity contribution >= 4 is 22.8 Å². The van der Waals surface area contributed by atoms with Crippen LogP contribution < -0.4 is 0 Å². The summed E-state index contributed by atoms with van der Waals surface area (Å²) in [6, 6.07) is 16.4. The Kier molecular flexibility index (Phi) is 5.36. The molecule has 0 saturated heterocycles. The molecule has 3 rings (SSSR count). The molecule has 0 saturated carbocycles. The third-order valence-corrected chi connectivity index (χ3v) is 5.23. The number of rotatable bonds is 4. The molecule has 1 aliphatic rings. The van der Waals surface area contributed by atoms with Crippen molar-refractivity contribution in [2.24, 2.45) is 4.99 Å². The van der Waals surface area contributed by atoms with Gasteiger partial charge < -0.3 is 0 Å². The molecule has 4 heteroatoms. The molecule has 0 N–H and O–H groups in total. The molecule has 1 amide bonds. The van der Waals surface area contributed by atoms with Gasteiger partial charge in [0.05, 0.1) is 13.0 Å². The second-order valence-corrected chi connectivity index (χ2v) is 7.03. The molecule has 124 valence electrons. The highest BCUT2D eigenvalue weighted by Gasteiger charge is 2.24. The van der Waals surface area contributed by atoms with E-state index in [0.717, 1.165) is 16.5 Å². The number of carbonyl (C=O) groups excluding carboxylic acids is 1. The molecule has 0 bridgehead atoms. The Balaban J connectivity index is 1.63. The minimum absolute atomic E-state index is 0.130. The lowest BCUT2D eigenvalue weighted by Gasteiger charge is -2.18. The number of amidine groups is 1. The van der Waals surface area contributed by atoms with Gasteiger partial charge in [-0.1, -0.05) is 65.9 Å². The maximum absolute atomic E-state index is 12.6. The highest BCUT2D eigenvalue weighted by molar-refractivity contribution is 8.13. The summed E-state index contributed by atoms with van der Waals surface area (Å²) in [4.78, 5) is 19.0. The number of amides is 1. The lowest BCUT2D eigenvalue weighted by molar-refractivity contribution is -0.126. The van der Waals surface area contributed by atoms with Gasteiger partial charge in [-0.25, -0.2) is 0 Å². The molecule has 0 atom stereocenters. The van der Waals surface area contributed by atoms with E-state index >= 15 is 0 Å². The van der Waals surface area contributed by atoms with Crippen LogP contribution in [0.15, 0.2) is 53.5 Å². The first-order chi connectivity index (χ1) is 11.6. The van der Waals surface area contributed by atoms with Gasteiger partial charge in [0, 0.05) is 12.3 Å². The second-order valence-electron chi connectivity index (χ2n) is 6.09. The Bertz CT molecular complexity index is 755. The van der Waals surface area contributed by atoms with E-state index in [1.54, 1.807) is 11.8 Å². The van der Waals surface area contributed by atoms with Crippen LogP contribution in [-0.4, -0.2) is 29.1 Å². The van der Waals surface area contributed by atoms with E-state index in [4.69, 9.17) is 0 Å². The Hall–Kier alpha value is -2.07. The lowest BCUT2D eigenvalue weighted by atomic mass is 10.1. The molecule has 0 spiro atoms. The number of benzene rings is 2. The summed E-state index contributed by atoms with van der Waals surface area (Å²) in [7, 11) is 0. The first kappa shape index (κ1) is 16.8. The van der Waals surface area contributed by atoms with Crippen molar-refractivity contribution in [2.45, 2.75) is 26.0 Å².